The fraction of sp³-hybridized carbons (Fsp3) is 0.588. The number of anilines is 1. The summed E-state index contributed by atoms with van der Waals surface area (Å²) in [5, 5.41) is 6.14. The molecule has 1 saturated carbocycles. The standard InChI is InChI=1S/C17H26N2O/c1-12(2)14-9-5-7-11-16(14)19-17(20)18-15-10-6-4-8-13(15)3/h5,7,9,11-13,15H,4,6,8,10H2,1-3H3,(H2,18,19,20)/t13-,15-/m1/s1. The van der Waals surface area contributed by atoms with Gasteiger partial charge in [0.05, 0.1) is 0 Å². The smallest absolute Gasteiger partial charge is 0.319 e. The van der Waals surface area contributed by atoms with E-state index in [0.29, 0.717) is 17.9 Å². The summed E-state index contributed by atoms with van der Waals surface area (Å²) in [7, 11) is 0. The third-order valence-corrected chi connectivity index (χ3v) is 4.26. The first-order valence-corrected chi connectivity index (χ1v) is 7.74. The van der Waals surface area contributed by atoms with Gasteiger partial charge in [0.2, 0.25) is 0 Å². The number of carbonyl (C=O) groups is 1. The van der Waals surface area contributed by atoms with Crippen LogP contribution < -0.4 is 10.6 Å². The van der Waals surface area contributed by atoms with Crippen molar-refractivity contribution in [2.45, 2.75) is 58.4 Å². The molecule has 1 aromatic rings. The first-order valence-electron chi connectivity index (χ1n) is 7.74. The molecule has 0 heterocycles. The number of hydrogen-bond acceptors (Lipinski definition) is 1. The van der Waals surface area contributed by atoms with Gasteiger partial charge in [0.25, 0.3) is 0 Å². The Hall–Kier alpha value is -1.51. The number of rotatable bonds is 3. The lowest BCUT2D eigenvalue weighted by molar-refractivity contribution is 0.232. The van der Waals surface area contributed by atoms with Crippen molar-refractivity contribution in [1.82, 2.24) is 5.32 Å². The van der Waals surface area contributed by atoms with Crippen LogP contribution in [0.25, 0.3) is 0 Å². The first kappa shape index (κ1) is 14.9. The van der Waals surface area contributed by atoms with Crippen molar-refractivity contribution >= 4 is 11.7 Å². The Morgan fingerprint density at radius 2 is 1.90 bits per heavy atom. The van der Waals surface area contributed by atoms with Crippen LogP contribution in [0.3, 0.4) is 0 Å². The van der Waals surface area contributed by atoms with Crippen LogP contribution in [0.1, 0.15) is 57.9 Å². The number of nitrogens with one attached hydrogen (secondary N) is 2. The van der Waals surface area contributed by atoms with E-state index in [1.165, 1.54) is 24.8 Å². The summed E-state index contributed by atoms with van der Waals surface area (Å²) < 4.78 is 0. The van der Waals surface area contributed by atoms with Crippen molar-refractivity contribution in [3.05, 3.63) is 29.8 Å². The van der Waals surface area contributed by atoms with Crippen molar-refractivity contribution in [3.63, 3.8) is 0 Å². The molecule has 110 valence electrons. The number of benzene rings is 1. The zero-order valence-electron chi connectivity index (χ0n) is 12.8. The Balaban J connectivity index is 1.97. The van der Waals surface area contributed by atoms with E-state index in [0.717, 1.165) is 12.1 Å². The van der Waals surface area contributed by atoms with Crippen molar-refractivity contribution in [2.75, 3.05) is 5.32 Å². The molecule has 1 aromatic carbocycles. The highest BCUT2D eigenvalue weighted by Gasteiger charge is 2.23. The zero-order chi connectivity index (χ0) is 14.5. The summed E-state index contributed by atoms with van der Waals surface area (Å²) in [4.78, 5) is 12.2. The molecular formula is C17H26N2O. The average Bonchev–Trinajstić information content (AvgIpc) is 2.41. The van der Waals surface area contributed by atoms with E-state index >= 15 is 0 Å². The maximum atomic E-state index is 12.2. The van der Waals surface area contributed by atoms with E-state index in [2.05, 4.69) is 37.5 Å². The molecule has 0 saturated heterocycles. The monoisotopic (exact) mass is 274 g/mol. The van der Waals surface area contributed by atoms with Gasteiger partial charge in [-0.2, -0.15) is 0 Å². The molecule has 2 N–H and O–H groups in total. The molecule has 0 unspecified atom stereocenters. The predicted molar refractivity (Wildman–Crippen MR) is 84.1 cm³/mol. The molecule has 2 amide bonds. The van der Waals surface area contributed by atoms with Gasteiger partial charge in [-0.1, -0.05) is 51.8 Å². The third-order valence-electron chi connectivity index (χ3n) is 4.26. The van der Waals surface area contributed by atoms with Crippen molar-refractivity contribution in [1.29, 1.82) is 0 Å². The average molecular weight is 274 g/mol. The molecule has 1 aliphatic rings. The van der Waals surface area contributed by atoms with Crippen LogP contribution in [-0.2, 0) is 0 Å². The molecule has 0 bridgehead atoms. The van der Waals surface area contributed by atoms with Gasteiger partial charge in [-0.3, -0.25) is 0 Å². The largest absolute Gasteiger partial charge is 0.335 e. The first-order chi connectivity index (χ1) is 9.58. The van der Waals surface area contributed by atoms with Gasteiger partial charge in [0.15, 0.2) is 0 Å². The zero-order valence-corrected chi connectivity index (χ0v) is 12.8. The second-order valence-corrected chi connectivity index (χ2v) is 6.21. The van der Waals surface area contributed by atoms with Gasteiger partial charge >= 0.3 is 6.03 Å². The van der Waals surface area contributed by atoms with Crippen LogP contribution in [-0.4, -0.2) is 12.1 Å². The van der Waals surface area contributed by atoms with Gasteiger partial charge in [-0.15, -0.1) is 0 Å². The fourth-order valence-corrected chi connectivity index (χ4v) is 2.97. The minimum absolute atomic E-state index is 0.0724. The van der Waals surface area contributed by atoms with Crippen LogP contribution in [0.4, 0.5) is 10.5 Å². The Labute approximate surface area is 122 Å². The lowest BCUT2D eigenvalue weighted by Crippen LogP contribution is -2.43. The van der Waals surface area contributed by atoms with E-state index < -0.39 is 0 Å². The highest BCUT2D eigenvalue weighted by atomic mass is 16.2. The molecule has 1 aliphatic carbocycles. The molecule has 20 heavy (non-hydrogen) atoms. The number of hydrogen-bond donors (Lipinski definition) is 2. The molecule has 3 nitrogen and oxygen atoms in total. The normalized spacial score (nSPS) is 22.6. The molecule has 0 spiro atoms. The summed E-state index contributed by atoms with van der Waals surface area (Å²) in [6, 6.07) is 8.27. The minimum Gasteiger partial charge on any atom is -0.335 e. The Bertz CT molecular complexity index is 456. The number of para-hydroxylation sites is 1. The van der Waals surface area contributed by atoms with Crippen molar-refractivity contribution < 1.29 is 4.79 Å². The number of carbonyl (C=O) groups excluding carboxylic acids is 1. The molecular weight excluding hydrogens is 248 g/mol. The topological polar surface area (TPSA) is 41.1 Å². The number of amides is 2. The Morgan fingerprint density at radius 1 is 1.20 bits per heavy atom. The fourth-order valence-electron chi connectivity index (χ4n) is 2.97. The molecule has 1 fully saturated rings. The molecule has 3 heteroatoms. The van der Waals surface area contributed by atoms with E-state index in [9.17, 15) is 4.79 Å². The van der Waals surface area contributed by atoms with E-state index in [4.69, 9.17) is 0 Å². The van der Waals surface area contributed by atoms with Gasteiger partial charge in [-0.25, -0.2) is 4.79 Å². The number of urea groups is 1. The highest BCUT2D eigenvalue weighted by Crippen LogP contribution is 2.25. The SMILES string of the molecule is CC(C)c1ccccc1NC(=O)N[C@@H]1CCCC[C@H]1C. The lowest BCUT2D eigenvalue weighted by atomic mass is 9.86. The Kier molecular flexibility index (Phi) is 5.05. The van der Waals surface area contributed by atoms with Gasteiger partial charge in [-0.05, 0) is 36.3 Å². The van der Waals surface area contributed by atoms with Gasteiger partial charge < -0.3 is 10.6 Å². The third kappa shape index (κ3) is 3.75. The molecule has 0 aromatic heterocycles. The second-order valence-electron chi connectivity index (χ2n) is 6.21. The van der Waals surface area contributed by atoms with Gasteiger partial charge in [0, 0.05) is 11.7 Å². The van der Waals surface area contributed by atoms with Crippen LogP contribution in [0, 0.1) is 5.92 Å². The van der Waals surface area contributed by atoms with E-state index in [-0.39, 0.29) is 6.03 Å². The second kappa shape index (κ2) is 6.78. The summed E-state index contributed by atoms with van der Waals surface area (Å²) in [6.07, 6.45) is 4.82. The van der Waals surface area contributed by atoms with Crippen LogP contribution >= 0.6 is 0 Å². The van der Waals surface area contributed by atoms with Gasteiger partial charge in [0.1, 0.15) is 0 Å². The van der Waals surface area contributed by atoms with Crippen molar-refractivity contribution in [3.8, 4) is 0 Å². The Morgan fingerprint density at radius 3 is 2.60 bits per heavy atom. The predicted octanol–water partition coefficient (Wildman–Crippen LogP) is 4.51. The quantitative estimate of drug-likeness (QED) is 0.836. The van der Waals surface area contributed by atoms with Crippen LogP contribution in [0.5, 0.6) is 0 Å². The van der Waals surface area contributed by atoms with Crippen LogP contribution in [0.2, 0.25) is 0 Å². The summed E-state index contributed by atoms with van der Waals surface area (Å²) >= 11 is 0. The van der Waals surface area contributed by atoms with Crippen molar-refractivity contribution in [2.24, 2.45) is 5.92 Å². The van der Waals surface area contributed by atoms with Crippen LogP contribution in [0.15, 0.2) is 24.3 Å². The molecule has 2 rings (SSSR count). The lowest BCUT2D eigenvalue weighted by Gasteiger charge is -2.29. The van der Waals surface area contributed by atoms with E-state index in [1.807, 2.05) is 18.2 Å². The minimum atomic E-state index is -0.0724. The summed E-state index contributed by atoms with van der Waals surface area (Å²) in [5.74, 6) is 0.981. The maximum Gasteiger partial charge on any atom is 0.319 e. The maximum absolute atomic E-state index is 12.2. The molecule has 0 radical (unpaired) electrons. The highest BCUT2D eigenvalue weighted by molar-refractivity contribution is 5.90. The van der Waals surface area contributed by atoms with E-state index in [1.54, 1.807) is 0 Å². The molecule has 0 aliphatic heterocycles. The summed E-state index contributed by atoms with van der Waals surface area (Å²) in [5.41, 5.74) is 2.10. The summed E-state index contributed by atoms with van der Waals surface area (Å²) in [6.45, 7) is 6.51. The molecule has 2 atom stereocenters.